The van der Waals surface area contributed by atoms with Crippen LogP contribution < -0.4 is 5.32 Å². The van der Waals surface area contributed by atoms with Crippen LogP contribution in [0.15, 0.2) is 0 Å². The van der Waals surface area contributed by atoms with Gasteiger partial charge in [-0.2, -0.15) is 0 Å². The zero-order valence-electron chi connectivity index (χ0n) is 16.0. The normalized spacial score (nSPS) is 22.9. The van der Waals surface area contributed by atoms with Gasteiger partial charge in [-0.05, 0) is 38.0 Å². The Balaban J connectivity index is 1.67. The van der Waals surface area contributed by atoms with E-state index in [1.165, 1.54) is 25.7 Å². The Hall–Kier alpha value is -1.30. The Morgan fingerprint density at radius 3 is 2.50 bits per heavy atom. The molecule has 150 valence electrons. The van der Waals surface area contributed by atoms with Gasteiger partial charge in [0.25, 0.3) is 0 Å². The average Bonchev–Trinajstić information content (AvgIpc) is 2.81. The van der Waals surface area contributed by atoms with Crippen LogP contribution in [0.1, 0.15) is 83.5 Å². The Labute approximate surface area is 157 Å². The molecule has 3 N–H and O–H groups in total. The van der Waals surface area contributed by atoms with Crippen molar-refractivity contribution >= 4 is 12.0 Å². The third kappa shape index (κ3) is 7.14. The van der Waals surface area contributed by atoms with Gasteiger partial charge < -0.3 is 20.4 Å². The number of carboxylic acid groups (broad SMARTS) is 1. The van der Waals surface area contributed by atoms with E-state index in [4.69, 9.17) is 5.11 Å². The van der Waals surface area contributed by atoms with Crippen LogP contribution in [0, 0.1) is 5.92 Å². The summed E-state index contributed by atoms with van der Waals surface area (Å²) in [4.78, 5) is 24.5. The molecule has 0 aromatic carbocycles. The van der Waals surface area contributed by atoms with Gasteiger partial charge in [0, 0.05) is 19.5 Å². The molecule has 1 saturated heterocycles. The average molecular weight is 369 g/mol. The molecule has 1 saturated carbocycles. The smallest absolute Gasteiger partial charge is 0.317 e. The van der Waals surface area contributed by atoms with E-state index in [1.54, 1.807) is 0 Å². The number of urea groups is 1. The highest BCUT2D eigenvalue weighted by Crippen LogP contribution is 2.27. The summed E-state index contributed by atoms with van der Waals surface area (Å²) in [6.45, 7) is 1.32. The molecule has 2 unspecified atom stereocenters. The monoisotopic (exact) mass is 368 g/mol. The molecule has 2 amide bonds. The molecule has 2 atom stereocenters. The van der Waals surface area contributed by atoms with E-state index < -0.39 is 5.97 Å². The summed E-state index contributed by atoms with van der Waals surface area (Å²) in [5, 5.41) is 22.1. The van der Waals surface area contributed by atoms with Crippen molar-refractivity contribution in [2.75, 3.05) is 13.1 Å². The number of amides is 2. The van der Waals surface area contributed by atoms with E-state index in [2.05, 4.69) is 5.32 Å². The minimum Gasteiger partial charge on any atom is -0.481 e. The minimum atomic E-state index is -0.728. The molecule has 2 aliphatic rings. The molecule has 0 spiro atoms. The lowest BCUT2D eigenvalue weighted by atomic mass is 9.92. The molecule has 0 radical (unpaired) electrons. The molecule has 6 heteroatoms. The van der Waals surface area contributed by atoms with Gasteiger partial charge in [0.2, 0.25) is 0 Å². The number of aliphatic hydroxyl groups excluding tert-OH is 1. The van der Waals surface area contributed by atoms with E-state index in [0.29, 0.717) is 25.4 Å². The molecule has 1 aliphatic carbocycles. The molecule has 0 aromatic rings. The van der Waals surface area contributed by atoms with Crippen molar-refractivity contribution in [1.82, 2.24) is 10.2 Å². The van der Waals surface area contributed by atoms with Crippen molar-refractivity contribution in [3.8, 4) is 0 Å². The zero-order valence-corrected chi connectivity index (χ0v) is 16.0. The number of nitrogens with one attached hydrogen (secondary N) is 1. The highest BCUT2D eigenvalue weighted by atomic mass is 16.4. The third-order valence-electron chi connectivity index (χ3n) is 5.98. The summed E-state index contributed by atoms with van der Waals surface area (Å²) in [6, 6.07) is 0.206. The predicted octanol–water partition coefficient (Wildman–Crippen LogP) is 3.53. The lowest BCUT2D eigenvalue weighted by Gasteiger charge is -2.27. The summed E-state index contributed by atoms with van der Waals surface area (Å²) in [5.74, 6) is -0.329. The molecule has 1 heterocycles. The number of nitrogens with zero attached hydrogens (tertiary/aromatic N) is 1. The number of carboxylic acids is 1. The van der Waals surface area contributed by atoms with Crippen LogP contribution in [0.2, 0.25) is 0 Å². The summed E-state index contributed by atoms with van der Waals surface area (Å²) in [5.41, 5.74) is 0. The molecule has 1 aliphatic heterocycles. The fraction of sp³-hybridized carbons (Fsp3) is 0.900. The first kappa shape index (κ1) is 21.0. The van der Waals surface area contributed by atoms with Gasteiger partial charge in [0.1, 0.15) is 0 Å². The number of aliphatic hydroxyl groups is 1. The van der Waals surface area contributed by atoms with Crippen molar-refractivity contribution in [1.29, 1.82) is 0 Å². The highest BCUT2D eigenvalue weighted by Gasteiger charge is 2.31. The third-order valence-corrected chi connectivity index (χ3v) is 5.98. The number of rotatable bonds is 11. The second-order valence-electron chi connectivity index (χ2n) is 7.99. The van der Waals surface area contributed by atoms with Crippen molar-refractivity contribution in [3.05, 3.63) is 0 Å². The molecular weight excluding hydrogens is 332 g/mol. The van der Waals surface area contributed by atoms with Crippen LogP contribution in [0.25, 0.3) is 0 Å². The maximum absolute atomic E-state index is 12.1. The number of carbonyl (C=O) groups excluding carboxylic acids is 1. The predicted molar refractivity (Wildman–Crippen MR) is 101 cm³/mol. The first-order chi connectivity index (χ1) is 12.6. The van der Waals surface area contributed by atoms with E-state index >= 15 is 0 Å². The van der Waals surface area contributed by atoms with Crippen LogP contribution in [0.5, 0.6) is 0 Å². The second kappa shape index (κ2) is 11.4. The minimum absolute atomic E-state index is 0.00561. The first-order valence-electron chi connectivity index (χ1n) is 10.5. The van der Waals surface area contributed by atoms with E-state index in [-0.39, 0.29) is 24.6 Å². The second-order valence-corrected chi connectivity index (χ2v) is 7.99. The maximum Gasteiger partial charge on any atom is 0.317 e. The summed E-state index contributed by atoms with van der Waals surface area (Å²) >= 11 is 0. The number of hydrogen-bond acceptors (Lipinski definition) is 3. The standard InChI is InChI=1S/C20H36N2O4/c23-18(16-9-5-1-2-6-10-16)13-14-22-17(15-21-20(22)26)11-7-3-4-8-12-19(24)25/h16-18,23H,1-15H2,(H,21,26)(H,24,25). The van der Waals surface area contributed by atoms with Crippen molar-refractivity contribution in [2.24, 2.45) is 5.92 Å². The van der Waals surface area contributed by atoms with Crippen LogP contribution in [-0.2, 0) is 4.79 Å². The Bertz CT molecular complexity index is 436. The lowest BCUT2D eigenvalue weighted by Crippen LogP contribution is -2.37. The largest absolute Gasteiger partial charge is 0.481 e. The molecule has 2 fully saturated rings. The quantitative estimate of drug-likeness (QED) is 0.384. The van der Waals surface area contributed by atoms with Crippen molar-refractivity contribution in [3.63, 3.8) is 0 Å². The van der Waals surface area contributed by atoms with Gasteiger partial charge in [-0.3, -0.25) is 4.79 Å². The Kier molecular flexibility index (Phi) is 9.23. The van der Waals surface area contributed by atoms with Crippen molar-refractivity contribution in [2.45, 2.75) is 95.6 Å². The van der Waals surface area contributed by atoms with E-state index in [0.717, 1.165) is 44.9 Å². The van der Waals surface area contributed by atoms with Gasteiger partial charge in [0.15, 0.2) is 0 Å². The van der Waals surface area contributed by atoms with Gasteiger partial charge in [-0.1, -0.05) is 44.9 Å². The van der Waals surface area contributed by atoms with Crippen LogP contribution in [-0.4, -0.2) is 52.3 Å². The number of aliphatic carboxylic acids is 1. The summed E-state index contributed by atoms with van der Waals surface area (Å²) in [7, 11) is 0. The fourth-order valence-electron chi connectivity index (χ4n) is 4.34. The topological polar surface area (TPSA) is 89.9 Å². The maximum atomic E-state index is 12.1. The highest BCUT2D eigenvalue weighted by molar-refractivity contribution is 5.76. The SMILES string of the molecule is O=C(O)CCCCCCC1CNC(=O)N1CCC(O)C1CCCCCC1. The molecule has 0 aromatic heterocycles. The van der Waals surface area contributed by atoms with Crippen molar-refractivity contribution < 1.29 is 19.8 Å². The summed E-state index contributed by atoms with van der Waals surface area (Å²) < 4.78 is 0. The van der Waals surface area contributed by atoms with Gasteiger partial charge >= 0.3 is 12.0 Å². The fourth-order valence-corrected chi connectivity index (χ4v) is 4.34. The number of hydrogen-bond donors (Lipinski definition) is 3. The first-order valence-corrected chi connectivity index (χ1v) is 10.5. The van der Waals surface area contributed by atoms with Crippen LogP contribution >= 0.6 is 0 Å². The van der Waals surface area contributed by atoms with Crippen LogP contribution in [0.4, 0.5) is 4.79 Å². The van der Waals surface area contributed by atoms with E-state index in [9.17, 15) is 14.7 Å². The number of carbonyl (C=O) groups is 2. The van der Waals surface area contributed by atoms with Crippen LogP contribution in [0.3, 0.4) is 0 Å². The van der Waals surface area contributed by atoms with Gasteiger partial charge in [-0.25, -0.2) is 4.79 Å². The van der Waals surface area contributed by atoms with Gasteiger partial charge in [-0.15, -0.1) is 0 Å². The Morgan fingerprint density at radius 1 is 1.12 bits per heavy atom. The van der Waals surface area contributed by atoms with E-state index in [1.807, 2.05) is 4.90 Å². The zero-order chi connectivity index (χ0) is 18.8. The molecule has 0 bridgehead atoms. The van der Waals surface area contributed by atoms with Gasteiger partial charge in [0.05, 0.1) is 12.1 Å². The number of unbranched alkanes of at least 4 members (excludes halogenated alkanes) is 3. The molecule has 26 heavy (non-hydrogen) atoms. The summed E-state index contributed by atoms with van der Waals surface area (Å²) in [6.07, 6.45) is 12.5. The lowest BCUT2D eigenvalue weighted by molar-refractivity contribution is -0.137. The Morgan fingerprint density at radius 2 is 1.81 bits per heavy atom. The molecule has 2 rings (SSSR count). The molecular formula is C20H36N2O4. The molecule has 6 nitrogen and oxygen atoms in total.